The summed E-state index contributed by atoms with van der Waals surface area (Å²) >= 11 is 0. The molecule has 1 aromatic rings. The number of anilines is 1. The molecule has 1 N–H and O–H groups in total. The second kappa shape index (κ2) is 12.4. The van der Waals surface area contributed by atoms with Crippen molar-refractivity contribution >= 4 is 23.5 Å². The molecule has 8 heteroatoms. The Balaban J connectivity index is 2.02. The highest BCUT2D eigenvalue weighted by Gasteiger charge is 2.29. The number of carbonyl (C=O) groups excluding carboxylic acids is 3. The molecule has 0 bridgehead atoms. The van der Waals surface area contributed by atoms with Crippen molar-refractivity contribution in [1.82, 2.24) is 4.90 Å². The first-order chi connectivity index (χ1) is 15.0. The molecule has 0 aliphatic carbocycles. The highest BCUT2D eigenvalue weighted by Crippen LogP contribution is 2.21. The number of esters is 2. The Kier molecular flexibility index (Phi) is 9.56. The summed E-state index contributed by atoms with van der Waals surface area (Å²) in [6.45, 7) is 5.19. The second-order valence-corrected chi connectivity index (χ2v) is 7.17. The number of nitrogens with one attached hydrogen (secondary N) is 1. The van der Waals surface area contributed by atoms with Crippen LogP contribution in [-0.4, -0.2) is 49.0 Å². The van der Waals surface area contributed by atoms with Crippen LogP contribution >= 0.6 is 0 Å². The smallest absolute Gasteiger partial charge is 0.340 e. The Bertz CT molecular complexity index is 851. The van der Waals surface area contributed by atoms with Gasteiger partial charge in [-0.3, -0.25) is 9.59 Å². The van der Waals surface area contributed by atoms with E-state index in [1.54, 1.807) is 36.1 Å². The fraction of sp³-hybridized carbons (Fsp3) is 0.478. The van der Waals surface area contributed by atoms with Crippen LogP contribution in [0.2, 0.25) is 0 Å². The molecule has 8 nitrogen and oxygen atoms in total. The maximum Gasteiger partial charge on any atom is 0.340 e. The molecular weight excluding hydrogens is 398 g/mol. The minimum atomic E-state index is -0.462. The molecular formula is C23H29N3O5. The highest BCUT2D eigenvalue weighted by molar-refractivity contribution is 5.99. The van der Waals surface area contributed by atoms with Crippen molar-refractivity contribution in [3.05, 3.63) is 41.6 Å². The first kappa shape index (κ1) is 23.9. The van der Waals surface area contributed by atoms with Gasteiger partial charge in [0.05, 0.1) is 30.4 Å². The van der Waals surface area contributed by atoms with Gasteiger partial charge >= 0.3 is 11.9 Å². The van der Waals surface area contributed by atoms with Crippen LogP contribution in [0.25, 0.3) is 0 Å². The largest absolute Gasteiger partial charge is 0.466 e. The molecule has 0 spiro atoms. The summed E-state index contributed by atoms with van der Waals surface area (Å²) in [5.74, 6) is -1.34. The lowest BCUT2D eigenvalue weighted by molar-refractivity contribution is -0.150. The molecule has 0 saturated carbocycles. The van der Waals surface area contributed by atoms with Crippen molar-refractivity contribution in [1.29, 1.82) is 5.26 Å². The Morgan fingerprint density at radius 1 is 1.19 bits per heavy atom. The number of amides is 1. The summed E-state index contributed by atoms with van der Waals surface area (Å²) in [5.41, 5.74) is 0.698. The number of hydrogen-bond donors (Lipinski definition) is 1. The van der Waals surface area contributed by atoms with Crippen molar-refractivity contribution in [2.24, 2.45) is 5.92 Å². The summed E-state index contributed by atoms with van der Waals surface area (Å²) in [6, 6.07) is 8.68. The van der Waals surface area contributed by atoms with E-state index in [0.29, 0.717) is 50.4 Å². The minimum absolute atomic E-state index is 0.0799. The Morgan fingerprint density at radius 2 is 1.90 bits per heavy atom. The van der Waals surface area contributed by atoms with Crippen molar-refractivity contribution in [2.75, 3.05) is 31.6 Å². The number of nitriles is 1. The SMILES string of the molecule is CCCCOC(=O)c1ccccc1N/C=C(/C#N)C(=O)N1CCC(C(=O)OCC)CC1. The predicted octanol–water partition coefficient (Wildman–Crippen LogP) is 3.26. The molecule has 1 aromatic carbocycles. The van der Waals surface area contributed by atoms with Crippen LogP contribution < -0.4 is 5.32 Å². The topological polar surface area (TPSA) is 109 Å². The van der Waals surface area contributed by atoms with Gasteiger partial charge in [0.2, 0.25) is 0 Å². The van der Waals surface area contributed by atoms with Gasteiger partial charge in [0.15, 0.2) is 0 Å². The summed E-state index contributed by atoms with van der Waals surface area (Å²) < 4.78 is 10.3. The van der Waals surface area contributed by atoms with Crippen LogP contribution in [0, 0.1) is 17.2 Å². The predicted molar refractivity (Wildman–Crippen MR) is 115 cm³/mol. The third kappa shape index (κ3) is 6.85. The number of benzene rings is 1. The van der Waals surface area contributed by atoms with E-state index < -0.39 is 11.9 Å². The normalized spacial score (nSPS) is 14.5. The van der Waals surface area contributed by atoms with Gasteiger partial charge < -0.3 is 19.7 Å². The Labute approximate surface area is 182 Å². The fourth-order valence-electron chi connectivity index (χ4n) is 3.21. The zero-order valence-electron chi connectivity index (χ0n) is 18.1. The average Bonchev–Trinajstić information content (AvgIpc) is 2.80. The number of rotatable bonds is 9. The van der Waals surface area contributed by atoms with Crippen LogP contribution in [-0.2, 0) is 19.1 Å². The van der Waals surface area contributed by atoms with Crippen LogP contribution in [0.15, 0.2) is 36.0 Å². The highest BCUT2D eigenvalue weighted by atomic mass is 16.5. The average molecular weight is 428 g/mol. The molecule has 1 saturated heterocycles. The van der Waals surface area contributed by atoms with E-state index in [1.165, 1.54) is 6.20 Å². The molecule has 2 rings (SSSR count). The summed E-state index contributed by atoms with van der Waals surface area (Å²) in [5, 5.41) is 12.4. The van der Waals surface area contributed by atoms with Crippen LogP contribution in [0.5, 0.6) is 0 Å². The van der Waals surface area contributed by atoms with E-state index >= 15 is 0 Å². The lowest BCUT2D eigenvalue weighted by Gasteiger charge is -2.30. The lowest BCUT2D eigenvalue weighted by Crippen LogP contribution is -2.41. The molecule has 0 radical (unpaired) electrons. The summed E-state index contributed by atoms with van der Waals surface area (Å²) in [7, 11) is 0. The third-order valence-electron chi connectivity index (χ3n) is 5.00. The van der Waals surface area contributed by atoms with E-state index in [0.717, 1.165) is 12.8 Å². The van der Waals surface area contributed by atoms with Crippen molar-refractivity contribution in [3.63, 3.8) is 0 Å². The van der Waals surface area contributed by atoms with Crippen LogP contribution in [0.4, 0.5) is 5.69 Å². The lowest BCUT2D eigenvalue weighted by atomic mass is 9.96. The van der Waals surface area contributed by atoms with Gasteiger partial charge in [0.25, 0.3) is 5.91 Å². The van der Waals surface area contributed by atoms with E-state index in [4.69, 9.17) is 9.47 Å². The number of unbranched alkanes of at least 4 members (excludes halogenated alkanes) is 1. The standard InChI is InChI=1S/C23H29N3O5/c1-3-5-14-31-23(29)19-8-6-7-9-20(19)25-16-18(15-24)21(27)26-12-10-17(11-13-26)22(28)30-4-2/h6-9,16-17,25H,3-5,10-14H2,1-2H3/b18-16-. The molecule has 0 atom stereocenters. The third-order valence-corrected chi connectivity index (χ3v) is 5.00. The van der Waals surface area contributed by atoms with Crippen LogP contribution in [0.3, 0.4) is 0 Å². The maximum atomic E-state index is 12.7. The molecule has 1 heterocycles. The number of piperidine rings is 1. The first-order valence-electron chi connectivity index (χ1n) is 10.6. The zero-order valence-corrected chi connectivity index (χ0v) is 18.1. The van der Waals surface area contributed by atoms with E-state index in [1.807, 2.05) is 13.0 Å². The van der Waals surface area contributed by atoms with Crippen molar-refractivity contribution < 1.29 is 23.9 Å². The molecule has 31 heavy (non-hydrogen) atoms. The second-order valence-electron chi connectivity index (χ2n) is 7.17. The van der Waals surface area contributed by atoms with Gasteiger partial charge in [-0.25, -0.2) is 4.79 Å². The minimum Gasteiger partial charge on any atom is -0.466 e. The number of para-hydroxylation sites is 1. The number of carbonyl (C=O) groups is 3. The molecule has 0 unspecified atom stereocenters. The summed E-state index contributed by atoms with van der Waals surface area (Å²) in [4.78, 5) is 38.5. The molecule has 1 aliphatic rings. The molecule has 1 aliphatic heterocycles. The number of hydrogen-bond acceptors (Lipinski definition) is 7. The number of likely N-dealkylation sites (tertiary alicyclic amines) is 1. The Morgan fingerprint density at radius 3 is 2.55 bits per heavy atom. The summed E-state index contributed by atoms with van der Waals surface area (Å²) in [6.07, 6.45) is 4.01. The van der Waals surface area contributed by atoms with E-state index in [-0.39, 0.29) is 17.5 Å². The van der Waals surface area contributed by atoms with E-state index in [9.17, 15) is 19.6 Å². The van der Waals surface area contributed by atoms with Crippen LogP contribution in [0.1, 0.15) is 49.9 Å². The molecule has 1 fully saturated rings. The van der Waals surface area contributed by atoms with Gasteiger partial charge in [0, 0.05) is 19.3 Å². The molecule has 166 valence electrons. The van der Waals surface area contributed by atoms with E-state index in [2.05, 4.69) is 5.32 Å². The Hall–Kier alpha value is -3.34. The van der Waals surface area contributed by atoms with Crippen molar-refractivity contribution in [3.8, 4) is 6.07 Å². The first-order valence-corrected chi connectivity index (χ1v) is 10.6. The van der Waals surface area contributed by atoms with Gasteiger partial charge in [-0.05, 0) is 38.3 Å². The quantitative estimate of drug-likeness (QED) is 0.279. The van der Waals surface area contributed by atoms with Crippen molar-refractivity contribution in [2.45, 2.75) is 39.5 Å². The van der Waals surface area contributed by atoms with Gasteiger partial charge in [-0.1, -0.05) is 25.5 Å². The maximum absolute atomic E-state index is 12.7. The van der Waals surface area contributed by atoms with Gasteiger partial charge in [-0.15, -0.1) is 0 Å². The molecule has 1 amide bonds. The number of nitrogens with zero attached hydrogens (tertiary/aromatic N) is 2. The van der Waals surface area contributed by atoms with Gasteiger partial charge in [-0.2, -0.15) is 5.26 Å². The van der Waals surface area contributed by atoms with Gasteiger partial charge in [0.1, 0.15) is 11.6 Å². The monoisotopic (exact) mass is 427 g/mol. The fourth-order valence-corrected chi connectivity index (χ4v) is 3.21. The number of ether oxygens (including phenoxy) is 2. The zero-order chi connectivity index (χ0) is 22.6. The molecule has 0 aromatic heterocycles.